The third-order valence-corrected chi connectivity index (χ3v) is 2.79. The quantitative estimate of drug-likeness (QED) is 0.783. The molecule has 1 saturated heterocycles. The highest BCUT2D eigenvalue weighted by Gasteiger charge is 2.33. The van der Waals surface area contributed by atoms with Crippen molar-refractivity contribution >= 4 is 11.9 Å². The average Bonchev–Trinajstić information content (AvgIpc) is 2.15. The van der Waals surface area contributed by atoms with Crippen LogP contribution in [0.5, 0.6) is 0 Å². The Balaban J connectivity index is 2.68. The maximum absolute atomic E-state index is 12.0. The molecule has 4 nitrogen and oxygen atoms in total. The molecule has 1 aliphatic heterocycles. The van der Waals surface area contributed by atoms with E-state index < -0.39 is 12.0 Å². The lowest BCUT2D eigenvalue weighted by Crippen LogP contribution is -2.48. The van der Waals surface area contributed by atoms with Crippen LogP contribution in [-0.2, 0) is 9.59 Å². The molecule has 1 atom stereocenters. The van der Waals surface area contributed by atoms with Crippen molar-refractivity contribution in [2.75, 3.05) is 6.54 Å². The van der Waals surface area contributed by atoms with Crippen molar-refractivity contribution in [3.63, 3.8) is 0 Å². The smallest absolute Gasteiger partial charge is 0.326 e. The molecule has 1 aliphatic rings. The van der Waals surface area contributed by atoms with Crippen molar-refractivity contribution in [2.45, 2.75) is 52.5 Å². The highest BCUT2D eigenvalue weighted by molar-refractivity contribution is 5.84. The van der Waals surface area contributed by atoms with Crippen LogP contribution in [0.1, 0.15) is 46.5 Å². The second-order valence-corrected chi connectivity index (χ2v) is 5.67. The Morgan fingerprint density at radius 2 is 1.94 bits per heavy atom. The second-order valence-electron chi connectivity index (χ2n) is 5.67. The molecule has 0 radical (unpaired) electrons. The summed E-state index contributed by atoms with van der Waals surface area (Å²) >= 11 is 0. The van der Waals surface area contributed by atoms with Crippen molar-refractivity contribution < 1.29 is 14.7 Å². The Morgan fingerprint density at radius 1 is 1.31 bits per heavy atom. The number of likely N-dealkylation sites (tertiary alicyclic amines) is 1. The molecule has 0 bridgehead atoms. The summed E-state index contributed by atoms with van der Waals surface area (Å²) in [6.07, 6.45) is 2.82. The molecule has 0 aromatic heterocycles. The Labute approximate surface area is 96.6 Å². The van der Waals surface area contributed by atoms with Gasteiger partial charge in [-0.2, -0.15) is 0 Å². The predicted molar refractivity (Wildman–Crippen MR) is 61.1 cm³/mol. The van der Waals surface area contributed by atoms with Gasteiger partial charge in [-0.25, -0.2) is 4.79 Å². The van der Waals surface area contributed by atoms with Crippen LogP contribution >= 0.6 is 0 Å². The number of carbonyl (C=O) groups is 2. The van der Waals surface area contributed by atoms with Gasteiger partial charge in [0.2, 0.25) is 5.91 Å². The highest BCUT2D eigenvalue weighted by Crippen LogP contribution is 2.24. The largest absolute Gasteiger partial charge is 0.480 e. The lowest BCUT2D eigenvalue weighted by Gasteiger charge is -2.34. The van der Waals surface area contributed by atoms with E-state index in [9.17, 15) is 9.59 Å². The van der Waals surface area contributed by atoms with E-state index in [1.165, 1.54) is 4.90 Å². The van der Waals surface area contributed by atoms with Gasteiger partial charge in [0.15, 0.2) is 0 Å². The Hall–Kier alpha value is -1.06. The first-order valence-corrected chi connectivity index (χ1v) is 5.83. The highest BCUT2D eigenvalue weighted by atomic mass is 16.4. The van der Waals surface area contributed by atoms with Crippen LogP contribution in [0.15, 0.2) is 0 Å². The molecule has 1 rings (SSSR count). The maximum atomic E-state index is 12.0. The minimum absolute atomic E-state index is 0.0281. The van der Waals surface area contributed by atoms with Crippen molar-refractivity contribution in [2.24, 2.45) is 5.41 Å². The maximum Gasteiger partial charge on any atom is 0.326 e. The molecule has 0 spiro atoms. The number of nitrogens with zero attached hydrogens (tertiary/aromatic N) is 1. The van der Waals surface area contributed by atoms with Crippen LogP contribution < -0.4 is 0 Å². The Bertz CT molecular complexity index is 280. The minimum atomic E-state index is -0.873. The number of piperidine rings is 1. The van der Waals surface area contributed by atoms with E-state index in [4.69, 9.17) is 5.11 Å². The van der Waals surface area contributed by atoms with Gasteiger partial charge in [-0.3, -0.25) is 4.79 Å². The zero-order valence-electron chi connectivity index (χ0n) is 10.3. The third kappa shape index (κ3) is 3.51. The predicted octanol–water partition coefficient (Wildman–Crippen LogP) is 1.89. The number of rotatable bonds is 2. The van der Waals surface area contributed by atoms with E-state index in [1.807, 2.05) is 20.8 Å². The molecule has 4 heteroatoms. The number of hydrogen-bond acceptors (Lipinski definition) is 2. The lowest BCUT2D eigenvalue weighted by molar-refractivity contribution is -0.152. The SMILES string of the molecule is CC(C)(C)CC(=O)N1CCCC[C@@H]1C(=O)O. The standard InChI is InChI=1S/C12H21NO3/c1-12(2,3)8-10(14)13-7-5-4-6-9(13)11(15)16/h9H,4-8H2,1-3H3,(H,15,16)/t9-/m1/s1. The van der Waals surface area contributed by atoms with Gasteiger partial charge < -0.3 is 10.0 Å². The Kier molecular flexibility index (Phi) is 3.94. The van der Waals surface area contributed by atoms with Crippen LogP contribution in [-0.4, -0.2) is 34.5 Å². The van der Waals surface area contributed by atoms with Crippen LogP contribution in [0.2, 0.25) is 0 Å². The average molecular weight is 227 g/mol. The fourth-order valence-electron chi connectivity index (χ4n) is 2.04. The van der Waals surface area contributed by atoms with E-state index in [-0.39, 0.29) is 11.3 Å². The summed E-state index contributed by atoms with van der Waals surface area (Å²) in [5.41, 5.74) is -0.0857. The molecule has 92 valence electrons. The molecule has 1 N–H and O–H groups in total. The number of hydrogen-bond donors (Lipinski definition) is 1. The van der Waals surface area contributed by atoms with Crippen molar-refractivity contribution in [1.82, 2.24) is 4.90 Å². The van der Waals surface area contributed by atoms with E-state index in [1.54, 1.807) is 0 Å². The summed E-state index contributed by atoms with van der Waals surface area (Å²) in [7, 11) is 0. The number of carbonyl (C=O) groups excluding carboxylic acids is 1. The summed E-state index contributed by atoms with van der Waals surface area (Å²) in [5, 5.41) is 9.06. The molecule has 1 heterocycles. The molecule has 0 aromatic carbocycles. The fraction of sp³-hybridized carbons (Fsp3) is 0.833. The van der Waals surface area contributed by atoms with Gasteiger partial charge in [0, 0.05) is 13.0 Å². The second kappa shape index (κ2) is 4.85. The van der Waals surface area contributed by atoms with Gasteiger partial charge in [-0.1, -0.05) is 20.8 Å². The van der Waals surface area contributed by atoms with Crippen molar-refractivity contribution in [3.05, 3.63) is 0 Å². The molecule has 0 saturated carbocycles. The van der Waals surface area contributed by atoms with E-state index >= 15 is 0 Å². The summed E-state index contributed by atoms with van der Waals surface area (Å²) in [6, 6.07) is -0.608. The normalized spacial score (nSPS) is 21.9. The molecule has 0 aromatic rings. The zero-order chi connectivity index (χ0) is 12.3. The molecule has 0 unspecified atom stereocenters. The number of aliphatic carboxylic acids is 1. The molecule has 16 heavy (non-hydrogen) atoms. The summed E-state index contributed by atoms with van der Waals surface area (Å²) in [5.74, 6) is -0.901. The zero-order valence-corrected chi connectivity index (χ0v) is 10.3. The third-order valence-electron chi connectivity index (χ3n) is 2.79. The lowest BCUT2D eigenvalue weighted by atomic mass is 9.90. The summed E-state index contributed by atoms with van der Waals surface area (Å²) in [6.45, 7) is 6.56. The van der Waals surface area contributed by atoms with Gasteiger partial charge in [0.1, 0.15) is 6.04 Å². The van der Waals surface area contributed by atoms with Gasteiger partial charge in [-0.05, 0) is 24.7 Å². The summed E-state index contributed by atoms with van der Waals surface area (Å²) in [4.78, 5) is 24.6. The van der Waals surface area contributed by atoms with Crippen LogP contribution in [0, 0.1) is 5.41 Å². The number of carboxylic acid groups (broad SMARTS) is 1. The Morgan fingerprint density at radius 3 is 2.44 bits per heavy atom. The van der Waals surface area contributed by atoms with Gasteiger partial charge in [0.05, 0.1) is 0 Å². The first kappa shape index (κ1) is 13.0. The van der Waals surface area contributed by atoms with Crippen molar-refractivity contribution in [1.29, 1.82) is 0 Å². The van der Waals surface area contributed by atoms with Crippen LogP contribution in [0.3, 0.4) is 0 Å². The molecule has 0 aliphatic carbocycles. The summed E-state index contributed by atoms with van der Waals surface area (Å²) < 4.78 is 0. The fourth-order valence-corrected chi connectivity index (χ4v) is 2.04. The topological polar surface area (TPSA) is 57.6 Å². The van der Waals surface area contributed by atoms with E-state index in [0.717, 1.165) is 12.8 Å². The van der Waals surface area contributed by atoms with Gasteiger partial charge >= 0.3 is 5.97 Å². The molecule has 1 amide bonds. The molecule has 1 fully saturated rings. The minimum Gasteiger partial charge on any atom is -0.480 e. The first-order chi connectivity index (χ1) is 7.31. The van der Waals surface area contributed by atoms with Gasteiger partial charge in [0.25, 0.3) is 0 Å². The first-order valence-electron chi connectivity index (χ1n) is 5.83. The van der Waals surface area contributed by atoms with E-state index in [0.29, 0.717) is 19.4 Å². The number of carboxylic acids is 1. The van der Waals surface area contributed by atoms with Crippen LogP contribution in [0.25, 0.3) is 0 Å². The van der Waals surface area contributed by atoms with Gasteiger partial charge in [-0.15, -0.1) is 0 Å². The van der Waals surface area contributed by atoms with Crippen LogP contribution in [0.4, 0.5) is 0 Å². The number of amides is 1. The monoisotopic (exact) mass is 227 g/mol. The van der Waals surface area contributed by atoms with E-state index in [2.05, 4.69) is 0 Å². The van der Waals surface area contributed by atoms with Crippen molar-refractivity contribution in [3.8, 4) is 0 Å². The molecular formula is C12H21NO3. The molecular weight excluding hydrogens is 206 g/mol.